The van der Waals surface area contributed by atoms with Crippen LogP contribution >= 0.6 is 0 Å². The molecule has 18 heavy (non-hydrogen) atoms. The minimum atomic E-state index is 0. The molecule has 1 aliphatic carbocycles. The Morgan fingerprint density at radius 2 is 1.83 bits per heavy atom. The molecule has 1 radical (unpaired) electrons. The molecule has 0 fully saturated rings. The number of aliphatic hydroxyl groups is 1. The minimum Gasteiger partial charge on any atom is -1.00 e. The Morgan fingerprint density at radius 1 is 1.28 bits per heavy atom. The van der Waals surface area contributed by atoms with Crippen LogP contribution in [0.15, 0.2) is 29.0 Å². The Kier molecular flexibility index (Phi) is 13.4. The van der Waals surface area contributed by atoms with E-state index in [2.05, 4.69) is 32.2 Å². The molecule has 1 rings (SSSR count). The zero-order valence-electron chi connectivity index (χ0n) is 11.3. The summed E-state index contributed by atoms with van der Waals surface area (Å²) in [5.41, 5.74) is 3.36. The van der Waals surface area contributed by atoms with E-state index in [9.17, 15) is 0 Å². The van der Waals surface area contributed by atoms with Crippen LogP contribution in [-0.4, -0.2) is 17.3 Å². The Hall–Kier alpha value is 0.443. The summed E-state index contributed by atoms with van der Waals surface area (Å²) in [7, 11) is 0. The molecule has 0 unspecified atom stereocenters. The molecule has 101 valence electrons. The molecule has 0 atom stereocenters. The Bertz CT molecular complexity index is 330. The first kappa shape index (κ1) is 23.5. The van der Waals surface area contributed by atoms with Crippen LogP contribution in [0.4, 0.5) is 0 Å². The summed E-state index contributed by atoms with van der Waals surface area (Å²) >= 11 is 0. The van der Waals surface area contributed by atoms with Crippen molar-refractivity contribution in [3.63, 3.8) is 0 Å². The number of aliphatic hydroxyl groups excluding tert-OH is 1. The molecular weight excluding hydrogens is 348 g/mol. The van der Waals surface area contributed by atoms with Crippen molar-refractivity contribution in [1.82, 2.24) is 5.32 Å². The predicted octanol–water partition coefficient (Wildman–Crippen LogP) is -3.66. The topological polar surface area (TPSA) is 32.3 Å². The zero-order chi connectivity index (χ0) is 11.5. The van der Waals surface area contributed by atoms with Gasteiger partial charge in [-0.25, -0.2) is 0 Å². The van der Waals surface area contributed by atoms with E-state index in [4.69, 9.17) is 5.11 Å². The predicted molar refractivity (Wildman–Crippen MR) is 63.2 cm³/mol. The maximum Gasteiger partial charge on any atom is 3.00 e. The fraction of sp³-hybridized carbons (Fsp3) is 0.538. The molecule has 2 nitrogen and oxygen atoms in total. The largest absolute Gasteiger partial charge is 3.00 e. The molecular formula is C13H20Cl2NOZr. The van der Waals surface area contributed by atoms with Crippen LogP contribution in [0.1, 0.15) is 34.1 Å². The third-order valence-electron chi connectivity index (χ3n) is 2.14. The summed E-state index contributed by atoms with van der Waals surface area (Å²) in [6.07, 6.45) is 8.08. The fourth-order valence-electron chi connectivity index (χ4n) is 1.42. The van der Waals surface area contributed by atoms with Crippen molar-refractivity contribution >= 4 is 0 Å². The molecule has 0 aromatic heterocycles. The molecule has 0 aromatic carbocycles. The first-order valence-electron chi connectivity index (χ1n) is 5.33. The molecule has 1 aliphatic rings. The second kappa shape index (κ2) is 10.3. The van der Waals surface area contributed by atoms with E-state index >= 15 is 0 Å². The Balaban J connectivity index is -0.000000750. The Labute approximate surface area is 142 Å². The average molecular weight is 368 g/mol. The van der Waals surface area contributed by atoms with E-state index in [0.29, 0.717) is 0 Å². The quantitative estimate of drug-likeness (QED) is 0.504. The maximum atomic E-state index is 8.84. The van der Waals surface area contributed by atoms with E-state index in [-0.39, 0.29) is 63.2 Å². The van der Waals surface area contributed by atoms with E-state index in [0.717, 1.165) is 17.7 Å². The second-order valence-electron chi connectivity index (χ2n) is 4.91. The number of hydrogen-bond donors (Lipinski definition) is 2. The van der Waals surface area contributed by atoms with Gasteiger partial charge >= 0.3 is 26.2 Å². The van der Waals surface area contributed by atoms with Gasteiger partial charge in [0.1, 0.15) is 0 Å². The third-order valence-corrected chi connectivity index (χ3v) is 2.14. The SMILES string of the molecule is CC(CCO)=C1[C-]=C(NC(C)(C)C)C=C1.[Cl-].[Cl-].[Zr+3]. The number of nitrogens with one attached hydrogen (secondary N) is 1. The van der Waals surface area contributed by atoms with Gasteiger partial charge in [-0.15, -0.1) is 11.6 Å². The number of halogens is 2. The summed E-state index contributed by atoms with van der Waals surface area (Å²) in [6.45, 7) is 8.60. The van der Waals surface area contributed by atoms with Crippen LogP contribution < -0.4 is 30.1 Å². The Morgan fingerprint density at radius 3 is 2.28 bits per heavy atom. The number of hydrogen-bond acceptors (Lipinski definition) is 2. The van der Waals surface area contributed by atoms with Gasteiger partial charge in [0.05, 0.1) is 0 Å². The van der Waals surface area contributed by atoms with Gasteiger partial charge in [0, 0.05) is 12.1 Å². The normalized spacial score (nSPS) is 15.9. The molecule has 0 bridgehead atoms. The molecule has 0 saturated heterocycles. The van der Waals surface area contributed by atoms with Gasteiger partial charge in [0.25, 0.3) is 0 Å². The first-order chi connectivity index (χ1) is 6.92. The zero-order valence-corrected chi connectivity index (χ0v) is 15.2. The molecule has 2 N–H and O–H groups in total. The van der Waals surface area contributed by atoms with Crippen molar-refractivity contribution in [2.45, 2.75) is 39.7 Å². The monoisotopic (exact) mass is 366 g/mol. The van der Waals surface area contributed by atoms with Gasteiger partial charge in [-0.05, 0) is 27.2 Å². The van der Waals surface area contributed by atoms with Crippen LogP contribution in [-0.2, 0) is 26.2 Å². The number of rotatable bonds is 3. The smallest absolute Gasteiger partial charge is 1.00 e. The standard InChI is InChI=1S/C13H20NO.2ClH.Zr/c1-10(7-8-15)11-5-6-12(9-11)14-13(2,3)4;;;/h5-6,14-15H,7-8H2,1-4H3;2*1H;/q-1;;;+3/p-2. The molecule has 0 aromatic rings. The average Bonchev–Trinajstić information content (AvgIpc) is 2.50. The molecule has 0 spiro atoms. The molecule has 0 heterocycles. The van der Waals surface area contributed by atoms with Gasteiger partial charge < -0.3 is 35.2 Å². The summed E-state index contributed by atoms with van der Waals surface area (Å²) in [5.74, 6) is 0. The molecule has 5 heteroatoms. The van der Waals surface area contributed by atoms with Gasteiger partial charge in [0.2, 0.25) is 0 Å². The molecule has 0 saturated carbocycles. The first-order valence-corrected chi connectivity index (χ1v) is 5.33. The van der Waals surface area contributed by atoms with E-state index in [1.54, 1.807) is 0 Å². The van der Waals surface area contributed by atoms with Crippen LogP contribution in [0.25, 0.3) is 0 Å². The van der Waals surface area contributed by atoms with Gasteiger partial charge in [-0.3, -0.25) is 0 Å². The van der Waals surface area contributed by atoms with Gasteiger partial charge in [-0.1, -0.05) is 12.6 Å². The summed E-state index contributed by atoms with van der Waals surface area (Å²) in [6, 6.07) is 0. The van der Waals surface area contributed by atoms with Crippen molar-refractivity contribution in [2.24, 2.45) is 0 Å². The third kappa shape index (κ3) is 8.53. The van der Waals surface area contributed by atoms with Crippen molar-refractivity contribution in [3.05, 3.63) is 35.1 Å². The van der Waals surface area contributed by atoms with Crippen molar-refractivity contribution in [2.75, 3.05) is 6.61 Å². The van der Waals surface area contributed by atoms with E-state index in [1.807, 2.05) is 19.1 Å². The minimum absolute atomic E-state index is 0. The summed E-state index contributed by atoms with van der Waals surface area (Å²) in [4.78, 5) is 0. The maximum absolute atomic E-state index is 8.84. The van der Waals surface area contributed by atoms with Crippen molar-refractivity contribution < 1.29 is 56.1 Å². The van der Waals surface area contributed by atoms with E-state index in [1.165, 1.54) is 5.57 Å². The number of allylic oxidation sites excluding steroid dienone is 4. The summed E-state index contributed by atoms with van der Waals surface area (Å²) in [5, 5.41) is 12.2. The van der Waals surface area contributed by atoms with Gasteiger partial charge in [-0.2, -0.15) is 17.7 Å². The fourth-order valence-corrected chi connectivity index (χ4v) is 1.42. The van der Waals surface area contributed by atoms with Crippen molar-refractivity contribution in [1.29, 1.82) is 0 Å². The molecule has 0 amide bonds. The van der Waals surface area contributed by atoms with Crippen LogP contribution in [0.2, 0.25) is 0 Å². The van der Waals surface area contributed by atoms with Crippen LogP contribution in [0.5, 0.6) is 0 Å². The van der Waals surface area contributed by atoms with Gasteiger partial charge in [0.15, 0.2) is 0 Å². The summed E-state index contributed by atoms with van der Waals surface area (Å²) < 4.78 is 0. The van der Waals surface area contributed by atoms with Crippen LogP contribution in [0, 0.1) is 6.08 Å². The van der Waals surface area contributed by atoms with Crippen LogP contribution in [0.3, 0.4) is 0 Å². The second-order valence-corrected chi connectivity index (χ2v) is 4.91. The molecule has 0 aliphatic heterocycles. The van der Waals surface area contributed by atoms with Crippen molar-refractivity contribution in [3.8, 4) is 0 Å². The van der Waals surface area contributed by atoms with E-state index < -0.39 is 0 Å².